The van der Waals surface area contributed by atoms with Gasteiger partial charge in [0.1, 0.15) is 0 Å². The smallest absolute Gasteiger partial charge is 0.0992 e. The van der Waals surface area contributed by atoms with Gasteiger partial charge in [-0.2, -0.15) is 5.26 Å². The van der Waals surface area contributed by atoms with Crippen molar-refractivity contribution < 1.29 is 0 Å². The van der Waals surface area contributed by atoms with E-state index in [9.17, 15) is 0 Å². The van der Waals surface area contributed by atoms with Gasteiger partial charge in [0, 0.05) is 6.04 Å². The molecule has 15 heavy (non-hydrogen) atoms. The van der Waals surface area contributed by atoms with Crippen LogP contribution in [0.25, 0.3) is 0 Å². The summed E-state index contributed by atoms with van der Waals surface area (Å²) >= 11 is 0. The van der Waals surface area contributed by atoms with Gasteiger partial charge in [0.2, 0.25) is 0 Å². The topological polar surface area (TPSA) is 61.8 Å². The summed E-state index contributed by atoms with van der Waals surface area (Å²) in [6, 6.07) is 7.55. The average Bonchev–Trinajstić information content (AvgIpc) is 2.21. The predicted octanol–water partition coefficient (Wildman–Crippen LogP) is 2.52. The second kappa shape index (κ2) is 5.06. The lowest BCUT2D eigenvalue weighted by atomic mass is 10.1. The quantitative estimate of drug-likeness (QED) is 0.581. The number of nitrogens with two attached hydrogens (primary N) is 1. The number of nitriles is 1. The first-order valence-electron chi connectivity index (χ1n) is 4.84. The first kappa shape index (κ1) is 11.1. The van der Waals surface area contributed by atoms with Crippen molar-refractivity contribution in [1.82, 2.24) is 0 Å². The fourth-order valence-electron chi connectivity index (χ4n) is 1.33. The maximum Gasteiger partial charge on any atom is 0.0992 e. The summed E-state index contributed by atoms with van der Waals surface area (Å²) < 4.78 is 0. The number of anilines is 2. The van der Waals surface area contributed by atoms with E-state index in [1.165, 1.54) is 0 Å². The van der Waals surface area contributed by atoms with Gasteiger partial charge in [-0.3, -0.25) is 0 Å². The summed E-state index contributed by atoms with van der Waals surface area (Å²) in [6.45, 7) is 5.72. The maximum atomic E-state index is 8.76. The predicted molar refractivity (Wildman–Crippen MR) is 63.5 cm³/mol. The van der Waals surface area contributed by atoms with E-state index in [0.29, 0.717) is 11.3 Å². The third-order valence-electron chi connectivity index (χ3n) is 2.10. The third-order valence-corrected chi connectivity index (χ3v) is 2.10. The average molecular weight is 201 g/mol. The standard InChI is InChI=1S/C12H15N3/c1-3-4-9(2)15-12-7-10(8-13)5-6-11(12)14/h3,5-7,9,15H,1,4,14H2,2H3. The Hall–Kier alpha value is -1.95. The van der Waals surface area contributed by atoms with Crippen LogP contribution in [-0.4, -0.2) is 6.04 Å². The molecule has 3 nitrogen and oxygen atoms in total. The van der Waals surface area contributed by atoms with Crippen molar-refractivity contribution in [2.45, 2.75) is 19.4 Å². The van der Waals surface area contributed by atoms with Crippen LogP contribution in [0.2, 0.25) is 0 Å². The van der Waals surface area contributed by atoms with E-state index < -0.39 is 0 Å². The fourth-order valence-corrected chi connectivity index (χ4v) is 1.33. The highest BCUT2D eigenvalue weighted by molar-refractivity contribution is 5.68. The third kappa shape index (κ3) is 3.03. The summed E-state index contributed by atoms with van der Waals surface area (Å²) in [5.41, 5.74) is 7.87. The Bertz CT molecular complexity index is 390. The van der Waals surface area contributed by atoms with E-state index in [1.807, 2.05) is 13.0 Å². The van der Waals surface area contributed by atoms with Crippen LogP contribution < -0.4 is 11.1 Å². The van der Waals surface area contributed by atoms with Gasteiger partial charge < -0.3 is 11.1 Å². The number of rotatable bonds is 4. The van der Waals surface area contributed by atoms with Gasteiger partial charge in [0.15, 0.2) is 0 Å². The van der Waals surface area contributed by atoms with E-state index in [4.69, 9.17) is 11.0 Å². The van der Waals surface area contributed by atoms with Crippen molar-refractivity contribution in [3.05, 3.63) is 36.4 Å². The number of nitrogens with zero attached hydrogens (tertiary/aromatic N) is 1. The zero-order valence-electron chi connectivity index (χ0n) is 8.83. The van der Waals surface area contributed by atoms with E-state index in [1.54, 1.807) is 18.2 Å². The van der Waals surface area contributed by atoms with Gasteiger partial charge in [-0.15, -0.1) is 6.58 Å². The number of benzene rings is 1. The van der Waals surface area contributed by atoms with Crippen LogP contribution in [0.3, 0.4) is 0 Å². The summed E-state index contributed by atoms with van der Waals surface area (Å²) in [7, 11) is 0. The van der Waals surface area contributed by atoms with E-state index in [2.05, 4.69) is 18.0 Å². The van der Waals surface area contributed by atoms with Crippen LogP contribution in [0.15, 0.2) is 30.9 Å². The van der Waals surface area contributed by atoms with Crippen molar-refractivity contribution in [3.63, 3.8) is 0 Å². The van der Waals surface area contributed by atoms with Gasteiger partial charge in [-0.1, -0.05) is 6.08 Å². The summed E-state index contributed by atoms with van der Waals surface area (Å²) in [5.74, 6) is 0. The molecule has 0 bridgehead atoms. The molecule has 0 saturated carbocycles. The Kier molecular flexibility index (Phi) is 3.75. The lowest BCUT2D eigenvalue weighted by Crippen LogP contribution is -2.15. The molecule has 0 spiro atoms. The summed E-state index contributed by atoms with van der Waals surface area (Å²) in [4.78, 5) is 0. The molecule has 3 heteroatoms. The molecule has 0 aliphatic heterocycles. The van der Waals surface area contributed by atoms with Crippen LogP contribution in [0, 0.1) is 11.3 Å². The van der Waals surface area contributed by atoms with E-state index in [0.717, 1.165) is 12.1 Å². The SMILES string of the molecule is C=CCC(C)Nc1cc(C#N)ccc1N. The van der Waals surface area contributed by atoms with Gasteiger partial charge in [-0.25, -0.2) is 0 Å². The number of nitrogens with one attached hydrogen (secondary N) is 1. The Labute approximate surface area is 90.2 Å². The van der Waals surface area contributed by atoms with Crippen LogP contribution in [0.5, 0.6) is 0 Å². The highest BCUT2D eigenvalue weighted by Gasteiger charge is 2.04. The fraction of sp³-hybridized carbons (Fsp3) is 0.250. The molecule has 0 radical (unpaired) electrons. The molecule has 3 N–H and O–H groups in total. The molecule has 0 aliphatic rings. The maximum absolute atomic E-state index is 8.76. The molecule has 0 fully saturated rings. The molecule has 0 aromatic heterocycles. The van der Waals surface area contributed by atoms with Crippen molar-refractivity contribution in [3.8, 4) is 6.07 Å². The number of hydrogen-bond donors (Lipinski definition) is 2. The minimum atomic E-state index is 0.263. The van der Waals surface area contributed by atoms with Gasteiger partial charge in [0.25, 0.3) is 0 Å². The van der Waals surface area contributed by atoms with Crippen LogP contribution in [0.1, 0.15) is 18.9 Å². The van der Waals surface area contributed by atoms with Gasteiger partial charge >= 0.3 is 0 Å². The molecule has 1 atom stereocenters. The van der Waals surface area contributed by atoms with E-state index >= 15 is 0 Å². The summed E-state index contributed by atoms with van der Waals surface area (Å²) in [6.07, 6.45) is 2.71. The van der Waals surface area contributed by atoms with Crippen LogP contribution >= 0.6 is 0 Å². The number of hydrogen-bond acceptors (Lipinski definition) is 3. The normalized spacial score (nSPS) is 11.5. The zero-order valence-corrected chi connectivity index (χ0v) is 8.83. The highest BCUT2D eigenvalue weighted by Crippen LogP contribution is 2.20. The molecular weight excluding hydrogens is 186 g/mol. The van der Waals surface area contributed by atoms with Crippen LogP contribution in [-0.2, 0) is 0 Å². The molecule has 78 valence electrons. The van der Waals surface area contributed by atoms with E-state index in [-0.39, 0.29) is 6.04 Å². The highest BCUT2D eigenvalue weighted by atomic mass is 14.9. The Morgan fingerprint density at radius 3 is 3.00 bits per heavy atom. The monoisotopic (exact) mass is 201 g/mol. The Morgan fingerprint density at radius 2 is 2.40 bits per heavy atom. The minimum absolute atomic E-state index is 0.263. The molecule has 0 amide bonds. The molecule has 1 aromatic carbocycles. The Balaban J connectivity index is 2.84. The van der Waals surface area contributed by atoms with Gasteiger partial charge in [-0.05, 0) is 31.5 Å². The van der Waals surface area contributed by atoms with Crippen molar-refractivity contribution in [2.24, 2.45) is 0 Å². The zero-order chi connectivity index (χ0) is 11.3. The first-order valence-corrected chi connectivity index (χ1v) is 4.84. The second-order valence-electron chi connectivity index (χ2n) is 3.48. The minimum Gasteiger partial charge on any atom is -0.397 e. The van der Waals surface area contributed by atoms with Crippen LogP contribution in [0.4, 0.5) is 11.4 Å². The second-order valence-corrected chi connectivity index (χ2v) is 3.48. The summed E-state index contributed by atoms with van der Waals surface area (Å²) in [5, 5.41) is 12.0. The van der Waals surface area contributed by atoms with Crippen molar-refractivity contribution in [2.75, 3.05) is 11.1 Å². The Morgan fingerprint density at radius 1 is 1.67 bits per heavy atom. The molecule has 1 unspecified atom stereocenters. The molecule has 0 saturated heterocycles. The first-order chi connectivity index (χ1) is 7.17. The molecule has 1 rings (SSSR count). The van der Waals surface area contributed by atoms with Gasteiger partial charge in [0.05, 0.1) is 23.0 Å². The lowest BCUT2D eigenvalue weighted by Gasteiger charge is -2.15. The number of nitrogen functional groups attached to an aromatic ring is 1. The largest absolute Gasteiger partial charge is 0.397 e. The molecular formula is C12H15N3. The lowest BCUT2D eigenvalue weighted by molar-refractivity contribution is 0.814. The van der Waals surface area contributed by atoms with Crippen molar-refractivity contribution >= 4 is 11.4 Å². The molecule has 1 aromatic rings. The molecule has 0 heterocycles. The molecule has 0 aliphatic carbocycles. The van der Waals surface area contributed by atoms with Crippen molar-refractivity contribution in [1.29, 1.82) is 5.26 Å².